The molecule has 0 bridgehead atoms. The molecule has 2 saturated heterocycles. The number of amides is 1. The van der Waals surface area contributed by atoms with E-state index in [1.165, 1.54) is 25.9 Å². The average molecular weight is 370 g/mol. The van der Waals surface area contributed by atoms with E-state index in [-0.39, 0.29) is 42.9 Å². The first-order chi connectivity index (χ1) is 10.2. The Kier molecular flexibility index (Phi) is 12.3. The van der Waals surface area contributed by atoms with Crippen LogP contribution in [0.3, 0.4) is 0 Å². The molecular weight excluding hydrogens is 337 g/mol. The number of unbranched alkanes of at least 4 members (excludes halogenated alkanes) is 1. The summed E-state index contributed by atoms with van der Waals surface area (Å²) in [7, 11) is 0. The molecule has 2 aliphatic heterocycles. The standard InChI is InChI=1S/C16H31N3O2.2ClH/c1-13-5-4-10-19(12-13)9-3-2-8-18-16(20)15-7-6-14(11-17)21-15;;/h13-15H,2-12,17H2,1H3,(H,18,20);2*1H/t13?,14-,15+;;/m1../s1. The fraction of sp³-hybridized carbons (Fsp3) is 0.938. The second-order valence-corrected chi connectivity index (χ2v) is 6.61. The summed E-state index contributed by atoms with van der Waals surface area (Å²) in [5.74, 6) is 0.881. The Hall–Kier alpha value is -0.0700. The molecule has 3 N–H and O–H groups in total. The van der Waals surface area contributed by atoms with Crippen LogP contribution in [-0.4, -0.2) is 55.7 Å². The highest BCUT2D eigenvalue weighted by Crippen LogP contribution is 2.19. The summed E-state index contributed by atoms with van der Waals surface area (Å²) < 4.78 is 5.59. The highest BCUT2D eigenvalue weighted by molar-refractivity contribution is 5.85. The van der Waals surface area contributed by atoms with Gasteiger partial charge in [-0.05, 0) is 57.5 Å². The van der Waals surface area contributed by atoms with Gasteiger partial charge in [-0.25, -0.2) is 0 Å². The molecule has 0 spiro atoms. The van der Waals surface area contributed by atoms with Gasteiger partial charge in [0.15, 0.2) is 0 Å². The number of hydrogen-bond acceptors (Lipinski definition) is 4. The predicted molar refractivity (Wildman–Crippen MR) is 98.5 cm³/mol. The summed E-state index contributed by atoms with van der Waals surface area (Å²) in [4.78, 5) is 14.5. The zero-order valence-corrected chi connectivity index (χ0v) is 15.8. The van der Waals surface area contributed by atoms with Gasteiger partial charge >= 0.3 is 0 Å². The molecule has 2 aliphatic rings. The molecule has 23 heavy (non-hydrogen) atoms. The minimum atomic E-state index is -0.276. The van der Waals surface area contributed by atoms with Crippen molar-refractivity contribution in [1.82, 2.24) is 10.2 Å². The maximum atomic E-state index is 11.9. The number of hydrogen-bond donors (Lipinski definition) is 2. The van der Waals surface area contributed by atoms with Gasteiger partial charge in [-0.3, -0.25) is 4.79 Å². The molecule has 2 heterocycles. The molecule has 0 aromatic rings. The van der Waals surface area contributed by atoms with E-state index in [0.717, 1.165) is 44.7 Å². The van der Waals surface area contributed by atoms with Crippen LogP contribution in [0.25, 0.3) is 0 Å². The third-order valence-corrected chi connectivity index (χ3v) is 4.60. The van der Waals surface area contributed by atoms with Crippen molar-refractivity contribution < 1.29 is 9.53 Å². The third kappa shape index (κ3) is 8.03. The Balaban J connectivity index is 0.00000242. The number of ether oxygens (including phenoxy) is 1. The minimum absolute atomic E-state index is 0. The molecule has 0 saturated carbocycles. The Labute approximate surface area is 152 Å². The lowest BCUT2D eigenvalue weighted by Crippen LogP contribution is -2.37. The quantitative estimate of drug-likeness (QED) is 0.673. The van der Waals surface area contributed by atoms with Gasteiger partial charge in [0.2, 0.25) is 5.91 Å². The van der Waals surface area contributed by atoms with Crippen LogP contribution in [0.5, 0.6) is 0 Å². The first-order valence-corrected chi connectivity index (χ1v) is 8.54. The van der Waals surface area contributed by atoms with Crippen molar-refractivity contribution >= 4 is 30.7 Å². The molecule has 3 atom stereocenters. The number of halogens is 2. The number of nitrogens with two attached hydrogens (primary N) is 1. The van der Waals surface area contributed by atoms with Crippen LogP contribution in [0.4, 0.5) is 0 Å². The number of likely N-dealkylation sites (tertiary alicyclic amines) is 1. The highest BCUT2D eigenvalue weighted by atomic mass is 35.5. The van der Waals surface area contributed by atoms with Gasteiger partial charge in [0.1, 0.15) is 6.10 Å². The van der Waals surface area contributed by atoms with E-state index in [9.17, 15) is 4.79 Å². The normalized spacial score (nSPS) is 27.8. The summed E-state index contributed by atoms with van der Waals surface area (Å²) in [6.45, 7) is 7.25. The molecule has 1 unspecified atom stereocenters. The molecular formula is C16H33Cl2N3O2. The molecule has 7 heteroatoms. The predicted octanol–water partition coefficient (Wildman–Crippen LogP) is 1.96. The molecule has 2 fully saturated rings. The second kappa shape index (κ2) is 12.3. The summed E-state index contributed by atoms with van der Waals surface area (Å²) in [5.41, 5.74) is 5.56. The van der Waals surface area contributed by atoms with Crippen molar-refractivity contribution in [3.05, 3.63) is 0 Å². The van der Waals surface area contributed by atoms with E-state index < -0.39 is 0 Å². The lowest BCUT2D eigenvalue weighted by atomic mass is 10.0. The van der Waals surface area contributed by atoms with Gasteiger partial charge in [0.25, 0.3) is 0 Å². The van der Waals surface area contributed by atoms with Crippen LogP contribution in [0.1, 0.15) is 45.4 Å². The number of piperidine rings is 1. The summed E-state index contributed by atoms with van der Waals surface area (Å²) in [6.07, 6.45) is 6.41. The smallest absolute Gasteiger partial charge is 0.249 e. The van der Waals surface area contributed by atoms with Crippen molar-refractivity contribution in [2.45, 2.75) is 57.7 Å². The maximum absolute atomic E-state index is 11.9. The Morgan fingerprint density at radius 2 is 2.04 bits per heavy atom. The van der Waals surface area contributed by atoms with Crippen molar-refractivity contribution in [3.8, 4) is 0 Å². The Morgan fingerprint density at radius 3 is 2.70 bits per heavy atom. The first-order valence-electron chi connectivity index (χ1n) is 8.54. The lowest BCUT2D eigenvalue weighted by molar-refractivity contribution is -0.131. The van der Waals surface area contributed by atoms with Gasteiger partial charge in [0, 0.05) is 19.6 Å². The fourth-order valence-corrected chi connectivity index (χ4v) is 3.35. The van der Waals surface area contributed by atoms with Gasteiger partial charge in [0.05, 0.1) is 6.10 Å². The van der Waals surface area contributed by atoms with Gasteiger partial charge in [-0.2, -0.15) is 0 Å². The molecule has 0 aromatic carbocycles. The number of carbonyl (C=O) groups excluding carboxylic acids is 1. The fourth-order valence-electron chi connectivity index (χ4n) is 3.35. The first kappa shape index (κ1) is 22.9. The van der Waals surface area contributed by atoms with E-state index in [1.807, 2.05) is 0 Å². The Morgan fingerprint density at radius 1 is 1.26 bits per heavy atom. The van der Waals surface area contributed by atoms with Crippen LogP contribution in [-0.2, 0) is 9.53 Å². The van der Waals surface area contributed by atoms with Crippen LogP contribution in [0.15, 0.2) is 0 Å². The highest BCUT2D eigenvalue weighted by Gasteiger charge is 2.29. The molecule has 2 rings (SSSR count). The SMILES string of the molecule is CC1CCCN(CCCCNC(=O)[C@@H]2CC[C@H](CN)O2)C1.Cl.Cl. The molecule has 0 radical (unpaired) electrons. The van der Waals surface area contributed by atoms with E-state index in [2.05, 4.69) is 17.1 Å². The van der Waals surface area contributed by atoms with Crippen molar-refractivity contribution in [2.75, 3.05) is 32.7 Å². The second-order valence-electron chi connectivity index (χ2n) is 6.61. The van der Waals surface area contributed by atoms with Gasteiger partial charge in [-0.1, -0.05) is 6.92 Å². The van der Waals surface area contributed by atoms with Crippen molar-refractivity contribution in [2.24, 2.45) is 11.7 Å². The maximum Gasteiger partial charge on any atom is 0.249 e. The van der Waals surface area contributed by atoms with Crippen molar-refractivity contribution in [1.29, 1.82) is 0 Å². The van der Waals surface area contributed by atoms with E-state index in [0.29, 0.717) is 6.54 Å². The van der Waals surface area contributed by atoms with Gasteiger partial charge < -0.3 is 20.7 Å². The summed E-state index contributed by atoms with van der Waals surface area (Å²) >= 11 is 0. The van der Waals surface area contributed by atoms with Crippen molar-refractivity contribution in [3.63, 3.8) is 0 Å². The van der Waals surface area contributed by atoms with Crippen LogP contribution < -0.4 is 11.1 Å². The Bertz CT molecular complexity index is 334. The van der Waals surface area contributed by atoms with E-state index >= 15 is 0 Å². The van der Waals surface area contributed by atoms with Crippen LogP contribution in [0, 0.1) is 5.92 Å². The van der Waals surface area contributed by atoms with E-state index in [4.69, 9.17) is 10.5 Å². The zero-order chi connectivity index (χ0) is 15.1. The molecule has 1 amide bonds. The minimum Gasteiger partial charge on any atom is -0.364 e. The lowest BCUT2D eigenvalue weighted by Gasteiger charge is -2.30. The number of rotatable bonds is 7. The number of nitrogens with zero attached hydrogens (tertiary/aromatic N) is 1. The van der Waals surface area contributed by atoms with Crippen LogP contribution >= 0.6 is 24.8 Å². The molecule has 0 aromatic heterocycles. The summed E-state index contributed by atoms with van der Waals surface area (Å²) in [5, 5.41) is 2.99. The number of nitrogens with one attached hydrogen (secondary N) is 1. The molecule has 5 nitrogen and oxygen atoms in total. The molecule has 0 aliphatic carbocycles. The zero-order valence-electron chi connectivity index (χ0n) is 14.2. The topological polar surface area (TPSA) is 67.6 Å². The molecule has 138 valence electrons. The van der Waals surface area contributed by atoms with Crippen LogP contribution in [0.2, 0.25) is 0 Å². The average Bonchev–Trinajstić information content (AvgIpc) is 2.96. The van der Waals surface area contributed by atoms with E-state index in [1.54, 1.807) is 0 Å². The van der Waals surface area contributed by atoms with Gasteiger partial charge in [-0.15, -0.1) is 24.8 Å². The summed E-state index contributed by atoms with van der Waals surface area (Å²) in [6, 6.07) is 0. The largest absolute Gasteiger partial charge is 0.364 e. The number of carbonyl (C=O) groups is 1. The third-order valence-electron chi connectivity index (χ3n) is 4.60. The monoisotopic (exact) mass is 369 g/mol.